The molecule has 2 aromatic carbocycles. The molecule has 1 atom stereocenters. The van der Waals surface area contributed by atoms with Crippen LogP contribution in [0.25, 0.3) is 10.9 Å². The summed E-state index contributed by atoms with van der Waals surface area (Å²) in [7, 11) is 5.20. The maximum Gasteiger partial charge on any atom is 0.337 e. The number of esters is 1. The second-order valence-corrected chi connectivity index (χ2v) is 7.74. The average molecular weight is 408 g/mol. The third kappa shape index (κ3) is 3.68. The van der Waals surface area contributed by atoms with Crippen LogP contribution in [-0.2, 0) is 23.1 Å². The Balaban J connectivity index is 1.68. The van der Waals surface area contributed by atoms with Crippen LogP contribution in [0.15, 0.2) is 42.6 Å². The molecule has 2 heterocycles. The highest BCUT2D eigenvalue weighted by Crippen LogP contribution is 2.35. The molecule has 0 bridgehead atoms. The second kappa shape index (κ2) is 8.50. The topological polar surface area (TPSA) is 52.9 Å². The van der Waals surface area contributed by atoms with Gasteiger partial charge in [0.05, 0.1) is 44.6 Å². The molecule has 158 valence electrons. The highest BCUT2D eigenvalue weighted by atomic mass is 16.5. The van der Waals surface area contributed by atoms with Crippen LogP contribution in [0.5, 0.6) is 5.75 Å². The lowest BCUT2D eigenvalue weighted by atomic mass is 10.00. The van der Waals surface area contributed by atoms with E-state index in [0.29, 0.717) is 18.8 Å². The van der Waals surface area contributed by atoms with Gasteiger partial charge in [-0.15, -0.1) is 0 Å². The van der Waals surface area contributed by atoms with Crippen LogP contribution in [0.3, 0.4) is 0 Å². The number of aromatic nitrogens is 1. The number of nitrogens with zero attached hydrogens (tertiary/aromatic N) is 2. The number of benzene rings is 2. The molecule has 0 aliphatic carbocycles. The lowest BCUT2D eigenvalue weighted by molar-refractivity contribution is -0.0128. The molecule has 0 radical (unpaired) electrons. The number of morpholine rings is 1. The molecule has 4 rings (SSSR count). The van der Waals surface area contributed by atoms with Crippen molar-refractivity contribution in [1.82, 2.24) is 9.47 Å². The summed E-state index contributed by atoms with van der Waals surface area (Å²) < 4.78 is 18.5. The molecule has 3 aromatic rings. The Morgan fingerprint density at radius 3 is 2.67 bits per heavy atom. The van der Waals surface area contributed by atoms with Gasteiger partial charge in [-0.2, -0.15) is 0 Å². The molecule has 1 aromatic heterocycles. The largest absolute Gasteiger partial charge is 0.496 e. The smallest absolute Gasteiger partial charge is 0.337 e. The zero-order valence-corrected chi connectivity index (χ0v) is 18.0. The summed E-state index contributed by atoms with van der Waals surface area (Å²) in [6.07, 6.45) is 2.10. The number of carbonyl (C=O) groups is 1. The van der Waals surface area contributed by atoms with E-state index in [1.54, 1.807) is 7.11 Å². The van der Waals surface area contributed by atoms with Gasteiger partial charge in [0, 0.05) is 37.3 Å². The van der Waals surface area contributed by atoms with Crippen molar-refractivity contribution in [2.75, 3.05) is 34.0 Å². The minimum Gasteiger partial charge on any atom is -0.496 e. The van der Waals surface area contributed by atoms with Gasteiger partial charge in [0.25, 0.3) is 0 Å². The Labute approximate surface area is 176 Å². The Bertz CT molecular complexity index is 1060. The molecule has 30 heavy (non-hydrogen) atoms. The summed E-state index contributed by atoms with van der Waals surface area (Å²) in [6, 6.07) is 12.0. The van der Waals surface area contributed by atoms with Gasteiger partial charge in [-0.1, -0.05) is 12.1 Å². The number of hydrogen-bond acceptors (Lipinski definition) is 5. The molecule has 0 amide bonds. The number of carbonyl (C=O) groups excluding carboxylic acids is 1. The zero-order valence-electron chi connectivity index (χ0n) is 18.0. The Morgan fingerprint density at radius 2 is 1.97 bits per heavy atom. The minimum absolute atomic E-state index is 0.107. The Hall–Kier alpha value is -2.83. The second-order valence-electron chi connectivity index (χ2n) is 7.74. The number of hydrogen-bond donors (Lipinski definition) is 0. The van der Waals surface area contributed by atoms with Gasteiger partial charge in [-0.05, 0) is 42.3 Å². The number of rotatable bonds is 5. The van der Waals surface area contributed by atoms with Gasteiger partial charge in [0.1, 0.15) is 5.75 Å². The van der Waals surface area contributed by atoms with Crippen molar-refractivity contribution in [2.45, 2.75) is 19.5 Å². The van der Waals surface area contributed by atoms with E-state index >= 15 is 0 Å². The molecule has 1 aliphatic rings. The molecule has 0 N–H and O–H groups in total. The lowest BCUT2D eigenvalue weighted by Gasteiger charge is -2.36. The highest BCUT2D eigenvalue weighted by Gasteiger charge is 2.27. The quantitative estimate of drug-likeness (QED) is 0.600. The summed E-state index contributed by atoms with van der Waals surface area (Å²) in [5.41, 5.74) is 5.30. The first kappa shape index (κ1) is 20.4. The first-order chi connectivity index (χ1) is 14.5. The van der Waals surface area contributed by atoms with Crippen LogP contribution in [0, 0.1) is 6.92 Å². The summed E-state index contributed by atoms with van der Waals surface area (Å²) >= 11 is 0. The van der Waals surface area contributed by atoms with Crippen molar-refractivity contribution in [3.05, 3.63) is 64.8 Å². The van der Waals surface area contributed by atoms with Gasteiger partial charge in [0.15, 0.2) is 0 Å². The van der Waals surface area contributed by atoms with Crippen molar-refractivity contribution in [3.8, 4) is 5.75 Å². The van der Waals surface area contributed by atoms with Crippen molar-refractivity contribution in [1.29, 1.82) is 0 Å². The first-order valence-corrected chi connectivity index (χ1v) is 10.1. The minimum atomic E-state index is -0.325. The fourth-order valence-corrected chi connectivity index (χ4v) is 4.39. The average Bonchev–Trinajstić information content (AvgIpc) is 3.17. The van der Waals surface area contributed by atoms with E-state index in [0.717, 1.165) is 24.4 Å². The maximum atomic E-state index is 11.8. The SMILES string of the molecule is COC(=O)c1ccc(C2COCCN2Cc2c(OC)cc(C)c3c2ccn3C)cc1. The van der Waals surface area contributed by atoms with Crippen LogP contribution >= 0.6 is 0 Å². The van der Waals surface area contributed by atoms with Crippen molar-refractivity contribution in [3.63, 3.8) is 0 Å². The van der Waals surface area contributed by atoms with Crippen LogP contribution in [-0.4, -0.2) is 49.4 Å². The maximum absolute atomic E-state index is 11.8. The Kier molecular flexibility index (Phi) is 5.79. The highest BCUT2D eigenvalue weighted by molar-refractivity contribution is 5.89. The fraction of sp³-hybridized carbons (Fsp3) is 0.375. The third-order valence-electron chi connectivity index (χ3n) is 5.95. The van der Waals surface area contributed by atoms with Crippen LogP contribution < -0.4 is 4.74 Å². The van der Waals surface area contributed by atoms with Gasteiger partial charge in [0.2, 0.25) is 0 Å². The van der Waals surface area contributed by atoms with E-state index in [1.165, 1.54) is 29.1 Å². The summed E-state index contributed by atoms with van der Waals surface area (Å²) in [5.74, 6) is 0.589. The van der Waals surface area contributed by atoms with Crippen molar-refractivity contribution in [2.24, 2.45) is 7.05 Å². The summed E-state index contributed by atoms with van der Waals surface area (Å²) in [6.45, 7) is 5.02. The number of ether oxygens (including phenoxy) is 3. The number of aryl methyl sites for hydroxylation is 2. The van der Waals surface area contributed by atoms with Gasteiger partial charge < -0.3 is 18.8 Å². The molecular formula is C24H28N2O4. The van der Waals surface area contributed by atoms with Crippen LogP contribution in [0.1, 0.15) is 33.1 Å². The molecule has 1 aliphatic heterocycles. The predicted molar refractivity (Wildman–Crippen MR) is 116 cm³/mol. The standard InChI is InChI=1S/C24H28N2O4/c1-16-13-22(28-3)20(19-9-10-25(2)23(16)19)14-26-11-12-30-15-21(26)17-5-7-18(8-6-17)24(27)29-4/h5-10,13,21H,11-12,14-15H2,1-4H3. The first-order valence-electron chi connectivity index (χ1n) is 10.1. The van der Waals surface area contributed by atoms with E-state index in [4.69, 9.17) is 14.2 Å². The summed E-state index contributed by atoms with van der Waals surface area (Å²) in [5, 5.41) is 1.22. The van der Waals surface area contributed by atoms with Crippen molar-refractivity contribution < 1.29 is 19.0 Å². The monoisotopic (exact) mass is 408 g/mol. The van der Waals surface area contributed by atoms with E-state index in [1.807, 2.05) is 24.3 Å². The molecule has 1 unspecified atom stereocenters. The molecule has 0 spiro atoms. The van der Waals surface area contributed by atoms with Gasteiger partial charge in [-0.3, -0.25) is 4.90 Å². The number of methoxy groups -OCH3 is 2. The predicted octanol–water partition coefficient (Wildman–Crippen LogP) is 3.86. The van der Waals surface area contributed by atoms with E-state index in [2.05, 4.69) is 41.8 Å². The van der Waals surface area contributed by atoms with Crippen LogP contribution in [0.4, 0.5) is 0 Å². The zero-order chi connectivity index (χ0) is 21.3. The summed E-state index contributed by atoms with van der Waals surface area (Å²) in [4.78, 5) is 14.2. The molecular weight excluding hydrogens is 380 g/mol. The Morgan fingerprint density at radius 1 is 1.20 bits per heavy atom. The van der Waals surface area contributed by atoms with Crippen molar-refractivity contribution >= 4 is 16.9 Å². The normalized spacial score (nSPS) is 17.3. The fourth-order valence-electron chi connectivity index (χ4n) is 4.39. The van der Waals surface area contributed by atoms with E-state index in [9.17, 15) is 4.79 Å². The molecule has 1 fully saturated rings. The van der Waals surface area contributed by atoms with E-state index < -0.39 is 0 Å². The molecule has 6 nitrogen and oxygen atoms in total. The molecule has 1 saturated heterocycles. The van der Waals surface area contributed by atoms with Crippen LogP contribution in [0.2, 0.25) is 0 Å². The third-order valence-corrected chi connectivity index (χ3v) is 5.95. The lowest BCUT2D eigenvalue weighted by Crippen LogP contribution is -2.39. The van der Waals surface area contributed by atoms with E-state index in [-0.39, 0.29) is 12.0 Å². The molecule has 6 heteroatoms. The van der Waals surface area contributed by atoms with Gasteiger partial charge in [-0.25, -0.2) is 4.79 Å². The molecule has 0 saturated carbocycles. The van der Waals surface area contributed by atoms with Gasteiger partial charge >= 0.3 is 5.97 Å². The number of fused-ring (bicyclic) bond motifs is 1.